The molecular weight excluding hydrogens is 550 g/mol. The molecule has 9 aromatic rings. The van der Waals surface area contributed by atoms with Gasteiger partial charge in [0.25, 0.3) is 0 Å². The highest BCUT2D eigenvalue weighted by Crippen LogP contribution is 2.39. The molecule has 0 fully saturated rings. The van der Waals surface area contributed by atoms with Crippen LogP contribution in [0.15, 0.2) is 156 Å². The Hall–Kier alpha value is -6.13. The summed E-state index contributed by atoms with van der Waals surface area (Å²) >= 11 is 0. The molecule has 0 aliphatic carbocycles. The smallest absolute Gasteiger partial charge is 0.164 e. The van der Waals surface area contributed by atoms with Gasteiger partial charge in [0.15, 0.2) is 17.5 Å². The van der Waals surface area contributed by atoms with Crippen LogP contribution >= 0.6 is 0 Å². The first kappa shape index (κ1) is 25.4. The van der Waals surface area contributed by atoms with Gasteiger partial charge in [0.05, 0.1) is 0 Å². The fourth-order valence-electron chi connectivity index (χ4n) is 6.35. The van der Waals surface area contributed by atoms with Gasteiger partial charge in [0.2, 0.25) is 0 Å². The standard InChI is InChI=1S/C41H25N3O/c1-3-12-27(13-4-1)39-42-40(28-14-5-2-6-15-28)44-41(43-39)35-23-22-30(32-17-9-10-18-33(32)35)29-20-24-37-36(25-29)34-21-19-26-11-7-8-16-31(26)38(34)45-37/h1-25H. The number of benzene rings is 7. The fourth-order valence-corrected chi connectivity index (χ4v) is 6.35. The maximum atomic E-state index is 6.39. The van der Waals surface area contributed by atoms with Gasteiger partial charge in [-0.1, -0.05) is 127 Å². The summed E-state index contributed by atoms with van der Waals surface area (Å²) < 4.78 is 6.39. The lowest BCUT2D eigenvalue weighted by atomic mass is 9.93. The lowest BCUT2D eigenvalue weighted by molar-refractivity contribution is 0.672. The Labute approximate surface area is 259 Å². The zero-order chi connectivity index (χ0) is 29.7. The van der Waals surface area contributed by atoms with Crippen molar-refractivity contribution in [2.75, 3.05) is 0 Å². The molecule has 0 atom stereocenters. The SMILES string of the molecule is c1ccc(-c2nc(-c3ccccc3)nc(-c3ccc(-c4ccc5oc6c7ccccc7ccc6c5c4)c4ccccc34)n2)cc1. The first-order valence-electron chi connectivity index (χ1n) is 15.0. The normalized spacial score (nSPS) is 11.6. The van der Waals surface area contributed by atoms with E-state index in [9.17, 15) is 0 Å². The Balaban J connectivity index is 1.23. The van der Waals surface area contributed by atoms with Crippen LogP contribution in [0.2, 0.25) is 0 Å². The van der Waals surface area contributed by atoms with Gasteiger partial charge in [-0.2, -0.15) is 0 Å². The van der Waals surface area contributed by atoms with Crippen molar-refractivity contribution in [1.82, 2.24) is 15.0 Å². The van der Waals surface area contributed by atoms with Crippen LogP contribution in [0, 0.1) is 0 Å². The predicted molar refractivity (Wildman–Crippen MR) is 184 cm³/mol. The number of hydrogen-bond donors (Lipinski definition) is 0. The Morgan fingerprint density at radius 2 is 0.933 bits per heavy atom. The molecule has 0 N–H and O–H groups in total. The van der Waals surface area contributed by atoms with E-state index < -0.39 is 0 Å². The van der Waals surface area contributed by atoms with E-state index in [0.717, 1.165) is 65.9 Å². The molecule has 4 heteroatoms. The second kappa shape index (κ2) is 10.2. The number of fused-ring (bicyclic) bond motifs is 6. The van der Waals surface area contributed by atoms with Crippen molar-refractivity contribution < 1.29 is 4.42 Å². The molecule has 9 rings (SSSR count). The maximum Gasteiger partial charge on any atom is 0.164 e. The molecule has 0 aliphatic rings. The Kier molecular flexibility index (Phi) is 5.78. The Bertz CT molecular complexity index is 2480. The summed E-state index contributed by atoms with van der Waals surface area (Å²) in [6.07, 6.45) is 0. The highest BCUT2D eigenvalue weighted by Gasteiger charge is 2.17. The van der Waals surface area contributed by atoms with E-state index in [1.54, 1.807) is 0 Å². The van der Waals surface area contributed by atoms with Gasteiger partial charge in [0, 0.05) is 32.8 Å². The zero-order valence-electron chi connectivity index (χ0n) is 24.2. The molecule has 0 saturated heterocycles. The van der Waals surface area contributed by atoms with E-state index in [2.05, 4.69) is 91.0 Å². The molecule has 0 amide bonds. The summed E-state index contributed by atoms with van der Waals surface area (Å²) in [5.41, 5.74) is 6.96. The zero-order valence-corrected chi connectivity index (χ0v) is 24.2. The van der Waals surface area contributed by atoms with Crippen LogP contribution in [0.25, 0.3) is 88.8 Å². The minimum absolute atomic E-state index is 0.647. The van der Waals surface area contributed by atoms with Crippen molar-refractivity contribution in [2.24, 2.45) is 0 Å². The summed E-state index contributed by atoms with van der Waals surface area (Å²) in [6, 6.07) is 52.2. The highest BCUT2D eigenvalue weighted by atomic mass is 16.3. The molecule has 2 aromatic heterocycles. The lowest BCUT2D eigenvalue weighted by Gasteiger charge is -2.13. The number of rotatable bonds is 4. The van der Waals surface area contributed by atoms with Crippen LogP contribution in [0.4, 0.5) is 0 Å². The van der Waals surface area contributed by atoms with E-state index in [4.69, 9.17) is 19.4 Å². The molecule has 0 radical (unpaired) electrons. The van der Waals surface area contributed by atoms with Gasteiger partial charge in [-0.25, -0.2) is 15.0 Å². The third-order valence-corrected chi connectivity index (χ3v) is 8.54. The van der Waals surface area contributed by atoms with Crippen molar-refractivity contribution in [2.45, 2.75) is 0 Å². The van der Waals surface area contributed by atoms with Gasteiger partial charge < -0.3 is 4.42 Å². The van der Waals surface area contributed by atoms with Crippen LogP contribution < -0.4 is 0 Å². The molecule has 0 aliphatic heterocycles. The summed E-state index contributed by atoms with van der Waals surface area (Å²) in [5.74, 6) is 1.95. The van der Waals surface area contributed by atoms with Crippen molar-refractivity contribution in [3.8, 4) is 45.3 Å². The third-order valence-electron chi connectivity index (χ3n) is 8.54. The van der Waals surface area contributed by atoms with Gasteiger partial charge in [-0.15, -0.1) is 0 Å². The maximum absolute atomic E-state index is 6.39. The number of hydrogen-bond acceptors (Lipinski definition) is 4. The van der Waals surface area contributed by atoms with E-state index >= 15 is 0 Å². The third kappa shape index (κ3) is 4.27. The number of furan rings is 1. The van der Waals surface area contributed by atoms with Crippen molar-refractivity contribution in [3.63, 3.8) is 0 Å². The van der Waals surface area contributed by atoms with Crippen molar-refractivity contribution in [3.05, 3.63) is 152 Å². The number of aromatic nitrogens is 3. The quantitative estimate of drug-likeness (QED) is 0.209. The van der Waals surface area contributed by atoms with Crippen LogP contribution in [0.3, 0.4) is 0 Å². The molecule has 210 valence electrons. The molecule has 2 heterocycles. The summed E-state index contributed by atoms with van der Waals surface area (Å²) in [5, 5.41) is 6.76. The number of nitrogens with zero attached hydrogens (tertiary/aromatic N) is 3. The molecule has 45 heavy (non-hydrogen) atoms. The second-order valence-corrected chi connectivity index (χ2v) is 11.2. The average molecular weight is 576 g/mol. The van der Waals surface area contributed by atoms with E-state index in [0.29, 0.717) is 17.5 Å². The molecule has 4 nitrogen and oxygen atoms in total. The molecular formula is C41H25N3O. The average Bonchev–Trinajstić information content (AvgIpc) is 3.50. The molecule has 0 unspecified atom stereocenters. The van der Waals surface area contributed by atoms with Crippen LogP contribution in [-0.4, -0.2) is 15.0 Å². The van der Waals surface area contributed by atoms with Gasteiger partial charge in [-0.3, -0.25) is 0 Å². The van der Waals surface area contributed by atoms with E-state index in [1.165, 1.54) is 5.39 Å². The first-order chi connectivity index (χ1) is 22.3. The molecule has 0 saturated carbocycles. The minimum atomic E-state index is 0.647. The van der Waals surface area contributed by atoms with Crippen LogP contribution in [0.5, 0.6) is 0 Å². The largest absolute Gasteiger partial charge is 0.455 e. The van der Waals surface area contributed by atoms with E-state index in [-0.39, 0.29) is 0 Å². The van der Waals surface area contributed by atoms with Gasteiger partial charge >= 0.3 is 0 Å². The summed E-state index contributed by atoms with van der Waals surface area (Å²) in [7, 11) is 0. The first-order valence-corrected chi connectivity index (χ1v) is 15.0. The van der Waals surface area contributed by atoms with E-state index in [1.807, 2.05) is 60.7 Å². The molecule has 7 aromatic carbocycles. The van der Waals surface area contributed by atoms with Crippen LogP contribution in [-0.2, 0) is 0 Å². The summed E-state index contributed by atoms with van der Waals surface area (Å²) in [4.78, 5) is 14.9. The van der Waals surface area contributed by atoms with Crippen molar-refractivity contribution >= 4 is 43.5 Å². The van der Waals surface area contributed by atoms with Crippen molar-refractivity contribution in [1.29, 1.82) is 0 Å². The second-order valence-electron chi connectivity index (χ2n) is 11.2. The molecule has 0 bridgehead atoms. The summed E-state index contributed by atoms with van der Waals surface area (Å²) in [6.45, 7) is 0. The topological polar surface area (TPSA) is 51.8 Å². The minimum Gasteiger partial charge on any atom is -0.455 e. The predicted octanol–water partition coefficient (Wildman–Crippen LogP) is 10.7. The Morgan fingerprint density at radius 3 is 1.64 bits per heavy atom. The lowest BCUT2D eigenvalue weighted by Crippen LogP contribution is -2.00. The Morgan fingerprint density at radius 1 is 0.356 bits per heavy atom. The van der Waals surface area contributed by atoms with Gasteiger partial charge in [0.1, 0.15) is 11.2 Å². The van der Waals surface area contributed by atoms with Gasteiger partial charge in [-0.05, 0) is 51.6 Å². The van der Waals surface area contributed by atoms with Crippen LogP contribution in [0.1, 0.15) is 0 Å². The molecule has 0 spiro atoms. The highest BCUT2D eigenvalue weighted by molar-refractivity contribution is 6.16. The monoisotopic (exact) mass is 575 g/mol. The fraction of sp³-hybridized carbons (Fsp3) is 0.